The van der Waals surface area contributed by atoms with E-state index in [4.69, 9.17) is 11.6 Å². The summed E-state index contributed by atoms with van der Waals surface area (Å²) in [5.74, 6) is 0.606. The van der Waals surface area contributed by atoms with Crippen molar-refractivity contribution in [3.05, 3.63) is 41.5 Å². The Kier molecular flexibility index (Phi) is 5.41. The molecule has 3 aromatic rings. The molecule has 1 saturated heterocycles. The second kappa shape index (κ2) is 7.78. The van der Waals surface area contributed by atoms with Crippen LogP contribution in [-0.2, 0) is 4.57 Å². The van der Waals surface area contributed by atoms with Gasteiger partial charge in [-0.15, -0.1) is 0 Å². The zero-order valence-corrected chi connectivity index (χ0v) is 19.6. The van der Waals surface area contributed by atoms with Crippen LogP contribution in [0.25, 0.3) is 27.0 Å². The van der Waals surface area contributed by atoms with E-state index in [1.807, 2.05) is 25.4 Å². The molecule has 1 aliphatic heterocycles. The van der Waals surface area contributed by atoms with Crippen molar-refractivity contribution >= 4 is 35.0 Å². The Morgan fingerprint density at radius 3 is 2.77 bits per heavy atom. The van der Waals surface area contributed by atoms with E-state index < -0.39 is 7.14 Å². The number of nitrogens with zero attached hydrogens (tertiary/aromatic N) is 3. The molecule has 0 unspecified atom stereocenters. The smallest absolute Gasteiger partial charge is 0.223 e. The minimum Gasteiger partial charge on any atom is -0.361 e. The van der Waals surface area contributed by atoms with Crippen molar-refractivity contribution in [2.24, 2.45) is 5.41 Å². The molecule has 0 spiro atoms. The van der Waals surface area contributed by atoms with E-state index in [0.29, 0.717) is 16.9 Å². The summed E-state index contributed by atoms with van der Waals surface area (Å²) < 4.78 is 12.9. The molecule has 0 bridgehead atoms. The van der Waals surface area contributed by atoms with Crippen molar-refractivity contribution in [2.75, 3.05) is 31.7 Å². The molecule has 1 atom stereocenters. The standard InChI is InChI=1S/C23H29N6OP/c1-14-10-27-22(28-15-9-23(2,3)13-25-11-15)29-19(14)17-12-26-20-16(17)7-8-18(24-4)21(20)31(5,6)30/h7-8,10,12,15,25-26H,9,11,13H2,1-3,5-6H3,(H,27,28,29)/t15-/m0/s1. The number of benzene rings is 1. The number of nitrogens with one attached hydrogen (secondary N) is 3. The van der Waals surface area contributed by atoms with Crippen LogP contribution < -0.4 is 15.9 Å². The molecule has 8 heteroatoms. The maximum absolute atomic E-state index is 12.9. The first-order valence-electron chi connectivity index (χ1n) is 10.5. The van der Waals surface area contributed by atoms with E-state index in [1.165, 1.54) is 0 Å². The van der Waals surface area contributed by atoms with Crippen LogP contribution in [0, 0.1) is 18.9 Å². The van der Waals surface area contributed by atoms with Crippen molar-refractivity contribution in [2.45, 2.75) is 33.2 Å². The third-order valence-electron chi connectivity index (χ3n) is 5.82. The Balaban J connectivity index is 1.76. The third kappa shape index (κ3) is 4.23. The van der Waals surface area contributed by atoms with Crippen molar-refractivity contribution in [1.29, 1.82) is 0 Å². The summed E-state index contributed by atoms with van der Waals surface area (Å²) >= 11 is 0. The monoisotopic (exact) mass is 436 g/mol. The molecule has 4 rings (SSSR count). The van der Waals surface area contributed by atoms with Gasteiger partial charge in [-0.1, -0.05) is 26.0 Å². The van der Waals surface area contributed by atoms with Crippen LogP contribution in [-0.4, -0.2) is 47.4 Å². The molecule has 0 aliphatic carbocycles. The minimum atomic E-state index is -2.65. The van der Waals surface area contributed by atoms with Crippen LogP contribution in [0.1, 0.15) is 25.8 Å². The summed E-state index contributed by atoms with van der Waals surface area (Å²) in [6.07, 6.45) is 4.77. The molecule has 1 aromatic carbocycles. The van der Waals surface area contributed by atoms with E-state index in [9.17, 15) is 4.57 Å². The van der Waals surface area contributed by atoms with Gasteiger partial charge in [-0.3, -0.25) is 0 Å². The maximum atomic E-state index is 12.9. The fraction of sp³-hybridized carbons (Fsp3) is 0.435. The van der Waals surface area contributed by atoms with Crippen LogP contribution in [0.5, 0.6) is 0 Å². The lowest BCUT2D eigenvalue weighted by Gasteiger charge is -2.36. The van der Waals surface area contributed by atoms with Gasteiger partial charge in [-0.2, -0.15) is 0 Å². The zero-order chi connectivity index (χ0) is 22.4. The molecule has 1 fully saturated rings. The number of aryl methyl sites for hydroxylation is 1. The van der Waals surface area contributed by atoms with Gasteiger partial charge in [-0.05, 0) is 37.7 Å². The molecule has 31 heavy (non-hydrogen) atoms. The fourth-order valence-electron chi connectivity index (χ4n) is 4.47. The van der Waals surface area contributed by atoms with Gasteiger partial charge in [0.15, 0.2) is 5.69 Å². The van der Waals surface area contributed by atoms with Gasteiger partial charge in [0.1, 0.15) is 7.14 Å². The SMILES string of the molecule is [C-]#[N+]c1ccc2c(-c3nc(N[C@@H]4CNCC(C)(C)C4)ncc3C)c[nH]c2c1P(C)(C)=O. The Bertz CT molecular complexity index is 1230. The fourth-order valence-corrected chi connectivity index (χ4v) is 5.87. The largest absolute Gasteiger partial charge is 0.361 e. The molecule has 0 saturated carbocycles. The molecule has 7 nitrogen and oxygen atoms in total. The van der Waals surface area contributed by atoms with Gasteiger partial charge in [-0.25, -0.2) is 14.8 Å². The topological polar surface area (TPSA) is 87.1 Å². The number of fused-ring (bicyclic) bond motifs is 1. The second-order valence-electron chi connectivity index (χ2n) is 9.59. The number of aromatic amines is 1. The number of H-pyrrole nitrogens is 1. The summed E-state index contributed by atoms with van der Waals surface area (Å²) in [5, 5.41) is 8.49. The first kappa shape index (κ1) is 21.5. The Morgan fingerprint density at radius 1 is 1.32 bits per heavy atom. The minimum absolute atomic E-state index is 0.228. The van der Waals surface area contributed by atoms with E-state index in [2.05, 4.69) is 39.3 Å². The first-order chi connectivity index (χ1) is 14.6. The zero-order valence-electron chi connectivity index (χ0n) is 18.7. The Hall–Kier alpha value is -2.68. The number of hydrogen-bond acceptors (Lipinski definition) is 5. The highest BCUT2D eigenvalue weighted by Gasteiger charge is 2.28. The Morgan fingerprint density at radius 2 is 2.10 bits per heavy atom. The molecular formula is C23H29N6OP. The summed E-state index contributed by atoms with van der Waals surface area (Å²) in [4.78, 5) is 16.2. The molecule has 0 amide bonds. The van der Waals surface area contributed by atoms with Gasteiger partial charge in [0, 0.05) is 53.3 Å². The predicted octanol–water partition coefficient (Wildman–Crippen LogP) is 4.53. The molecule has 1 aliphatic rings. The van der Waals surface area contributed by atoms with Crippen LogP contribution >= 0.6 is 7.14 Å². The van der Waals surface area contributed by atoms with E-state index in [1.54, 1.807) is 19.4 Å². The van der Waals surface area contributed by atoms with Crippen LogP contribution in [0.4, 0.5) is 11.6 Å². The summed E-state index contributed by atoms with van der Waals surface area (Å²) in [5.41, 5.74) is 4.12. The molecule has 3 heterocycles. The summed E-state index contributed by atoms with van der Waals surface area (Å²) in [7, 11) is -2.65. The highest BCUT2D eigenvalue weighted by Crippen LogP contribution is 2.43. The van der Waals surface area contributed by atoms with Crippen LogP contribution in [0.3, 0.4) is 0 Å². The number of aromatic nitrogens is 3. The molecule has 162 valence electrons. The molecular weight excluding hydrogens is 407 g/mol. The van der Waals surface area contributed by atoms with Gasteiger partial charge < -0.3 is 20.2 Å². The van der Waals surface area contributed by atoms with Crippen molar-refractivity contribution in [1.82, 2.24) is 20.3 Å². The lowest BCUT2D eigenvalue weighted by Crippen LogP contribution is -2.47. The molecule has 0 radical (unpaired) electrons. The average Bonchev–Trinajstić information content (AvgIpc) is 3.10. The highest BCUT2D eigenvalue weighted by molar-refractivity contribution is 7.71. The number of piperidine rings is 1. The lowest BCUT2D eigenvalue weighted by molar-refractivity contribution is 0.249. The third-order valence-corrected chi connectivity index (χ3v) is 7.35. The second-order valence-corrected chi connectivity index (χ2v) is 12.7. The van der Waals surface area contributed by atoms with Crippen molar-refractivity contribution in [3.8, 4) is 11.3 Å². The summed E-state index contributed by atoms with van der Waals surface area (Å²) in [6, 6.07) is 3.93. The Labute approximate surface area is 183 Å². The molecule has 3 N–H and O–H groups in total. The van der Waals surface area contributed by atoms with Gasteiger partial charge >= 0.3 is 0 Å². The highest BCUT2D eigenvalue weighted by atomic mass is 31.2. The van der Waals surface area contributed by atoms with Crippen molar-refractivity contribution < 1.29 is 4.57 Å². The normalized spacial score (nSPS) is 18.6. The van der Waals surface area contributed by atoms with Crippen LogP contribution in [0.2, 0.25) is 0 Å². The molecule has 2 aromatic heterocycles. The van der Waals surface area contributed by atoms with E-state index in [-0.39, 0.29) is 11.5 Å². The summed E-state index contributed by atoms with van der Waals surface area (Å²) in [6.45, 7) is 19.3. The van der Waals surface area contributed by atoms with Gasteiger partial charge in [0.25, 0.3) is 0 Å². The quantitative estimate of drug-likeness (QED) is 0.413. The predicted molar refractivity (Wildman–Crippen MR) is 128 cm³/mol. The lowest BCUT2D eigenvalue weighted by atomic mass is 9.83. The maximum Gasteiger partial charge on any atom is 0.223 e. The average molecular weight is 437 g/mol. The van der Waals surface area contributed by atoms with Gasteiger partial charge in [0.05, 0.1) is 12.3 Å². The number of hydrogen-bond donors (Lipinski definition) is 3. The van der Waals surface area contributed by atoms with Crippen LogP contribution in [0.15, 0.2) is 24.5 Å². The number of anilines is 1. The first-order valence-corrected chi connectivity index (χ1v) is 13.1. The van der Waals surface area contributed by atoms with E-state index in [0.717, 1.165) is 47.2 Å². The van der Waals surface area contributed by atoms with Gasteiger partial charge in [0.2, 0.25) is 5.95 Å². The number of rotatable bonds is 4. The van der Waals surface area contributed by atoms with Crippen molar-refractivity contribution in [3.63, 3.8) is 0 Å². The van der Waals surface area contributed by atoms with E-state index >= 15 is 0 Å².